The van der Waals surface area contributed by atoms with Crippen LogP contribution in [0.4, 0.5) is 13.2 Å². The third kappa shape index (κ3) is 5.32. The molecule has 0 saturated carbocycles. The van der Waals surface area contributed by atoms with Gasteiger partial charge in [-0.1, -0.05) is 30.7 Å². The van der Waals surface area contributed by atoms with E-state index >= 15 is 0 Å². The van der Waals surface area contributed by atoms with Gasteiger partial charge in [0.15, 0.2) is 11.8 Å². The van der Waals surface area contributed by atoms with Crippen molar-refractivity contribution in [3.05, 3.63) is 76.5 Å². The van der Waals surface area contributed by atoms with Gasteiger partial charge < -0.3 is 14.6 Å². The van der Waals surface area contributed by atoms with E-state index in [1.54, 1.807) is 48.1 Å². The monoisotopic (exact) mass is 505 g/mol. The van der Waals surface area contributed by atoms with Gasteiger partial charge in [0.2, 0.25) is 0 Å². The fourth-order valence-electron chi connectivity index (χ4n) is 3.73. The topological polar surface area (TPSA) is 86.5 Å². The highest BCUT2D eigenvalue weighted by Gasteiger charge is 2.24. The van der Waals surface area contributed by atoms with Crippen LogP contribution in [0.1, 0.15) is 23.7 Å². The summed E-state index contributed by atoms with van der Waals surface area (Å²) in [4.78, 5) is 15.4. The Labute approximate surface area is 202 Å². The number of aromatic nitrogens is 3. The maximum absolute atomic E-state index is 14.7. The van der Waals surface area contributed by atoms with Crippen LogP contribution >= 0.6 is 11.6 Å². The normalized spacial score (nSPS) is 11.3. The first-order chi connectivity index (χ1) is 16.8. The molecule has 4 rings (SSSR count). The second-order valence-electron chi connectivity index (χ2n) is 7.48. The molecular weight excluding hydrogens is 487 g/mol. The predicted octanol–water partition coefficient (Wildman–Crippen LogP) is 5.43. The minimum atomic E-state index is -3.22. The molecule has 0 bridgehead atoms. The van der Waals surface area contributed by atoms with Crippen LogP contribution in [0.15, 0.2) is 48.7 Å². The number of benzene rings is 2. The predicted molar refractivity (Wildman–Crippen MR) is 122 cm³/mol. The molecule has 11 heteroatoms. The molecule has 2 aromatic heterocycles. The fourth-order valence-corrected chi connectivity index (χ4v) is 3.87. The Morgan fingerprint density at radius 1 is 1.17 bits per heavy atom. The van der Waals surface area contributed by atoms with E-state index in [0.29, 0.717) is 22.8 Å². The average Bonchev–Trinajstić information content (AvgIpc) is 3.26. The van der Waals surface area contributed by atoms with Gasteiger partial charge in [0, 0.05) is 23.9 Å². The molecule has 182 valence electrons. The molecule has 0 aliphatic rings. The van der Waals surface area contributed by atoms with Crippen molar-refractivity contribution in [3.63, 3.8) is 0 Å². The van der Waals surface area contributed by atoms with Crippen molar-refractivity contribution in [1.29, 1.82) is 0 Å². The van der Waals surface area contributed by atoms with Crippen LogP contribution in [0, 0.1) is 5.82 Å². The summed E-state index contributed by atoms with van der Waals surface area (Å²) >= 11 is 5.87. The molecule has 2 aromatic carbocycles. The lowest BCUT2D eigenvalue weighted by Crippen LogP contribution is -2.13. The van der Waals surface area contributed by atoms with Crippen molar-refractivity contribution in [2.24, 2.45) is 0 Å². The van der Waals surface area contributed by atoms with Gasteiger partial charge in [0.1, 0.15) is 22.8 Å². The highest BCUT2D eigenvalue weighted by molar-refractivity contribution is 6.29. The van der Waals surface area contributed by atoms with Crippen LogP contribution in [0.25, 0.3) is 16.6 Å². The Kier molecular flexibility index (Phi) is 7.11. The van der Waals surface area contributed by atoms with Crippen LogP contribution in [0.5, 0.6) is 11.5 Å². The van der Waals surface area contributed by atoms with Gasteiger partial charge in [-0.05, 0) is 42.3 Å². The first kappa shape index (κ1) is 24.3. The van der Waals surface area contributed by atoms with E-state index in [0.717, 1.165) is 17.3 Å². The van der Waals surface area contributed by atoms with Gasteiger partial charge in [-0.2, -0.15) is 13.9 Å². The lowest BCUT2D eigenvalue weighted by Gasteiger charge is -2.19. The molecule has 0 aliphatic heterocycles. The molecule has 7 nitrogen and oxygen atoms in total. The third-order valence-corrected chi connectivity index (χ3v) is 5.42. The minimum absolute atomic E-state index is 0.123. The van der Waals surface area contributed by atoms with Crippen LogP contribution in [0.3, 0.4) is 0 Å². The van der Waals surface area contributed by atoms with E-state index in [2.05, 4.69) is 10.1 Å². The molecule has 0 radical (unpaired) electrons. The number of carboxylic acid groups (broad SMARTS) is 1. The largest absolute Gasteiger partial charge is 0.481 e. The summed E-state index contributed by atoms with van der Waals surface area (Å²) in [6, 6.07) is 11.0. The number of alkyl halides is 2. The van der Waals surface area contributed by atoms with Crippen LogP contribution in [-0.4, -0.2) is 39.1 Å². The molecule has 1 N–H and O–H groups in total. The summed E-state index contributed by atoms with van der Waals surface area (Å²) in [6.45, 7) is -2.21. The van der Waals surface area contributed by atoms with E-state index in [9.17, 15) is 18.0 Å². The molecule has 0 spiro atoms. The fraction of sp³-hybridized carbons (Fsp3) is 0.208. The number of carbonyl (C=O) groups is 1. The van der Waals surface area contributed by atoms with E-state index in [-0.39, 0.29) is 28.8 Å². The van der Waals surface area contributed by atoms with Crippen molar-refractivity contribution < 1.29 is 32.5 Å². The highest BCUT2D eigenvalue weighted by atomic mass is 35.5. The number of carboxylic acids is 1. The number of aliphatic carboxylic acids is 1. The van der Waals surface area contributed by atoms with Crippen LogP contribution in [-0.2, 0) is 17.6 Å². The molecular formula is C24H19ClF3N3O4. The molecule has 4 aromatic rings. The first-order valence-electron chi connectivity index (χ1n) is 10.5. The Morgan fingerprint density at radius 2 is 1.91 bits per heavy atom. The molecule has 0 aliphatic carbocycles. The number of halogens is 4. The van der Waals surface area contributed by atoms with Gasteiger partial charge >= 0.3 is 12.6 Å². The van der Waals surface area contributed by atoms with Gasteiger partial charge in [-0.25, -0.2) is 18.9 Å². The lowest BCUT2D eigenvalue weighted by molar-refractivity contribution is -0.139. The number of nitrogens with zero attached hydrogens (tertiary/aromatic N) is 3. The number of ether oxygens (including phenoxy) is 2. The average molecular weight is 506 g/mol. The number of aryl methyl sites for hydroxylation is 1. The van der Waals surface area contributed by atoms with Crippen molar-refractivity contribution in [1.82, 2.24) is 14.8 Å². The van der Waals surface area contributed by atoms with Gasteiger partial charge in [0.25, 0.3) is 0 Å². The SMILES string of the molecule is CCc1nc2c(F)ccc(OCC(=O)O)c2c(OC(F)F)c1Cc1ccc(-n2ccc(Cl)n2)cc1. The van der Waals surface area contributed by atoms with Crippen LogP contribution < -0.4 is 9.47 Å². The lowest BCUT2D eigenvalue weighted by atomic mass is 9.98. The van der Waals surface area contributed by atoms with Crippen LogP contribution in [0.2, 0.25) is 5.15 Å². The number of hydrogen-bond donors (Lipinski definition) is 1. The molecule has 0 fully saturated rings. The van der Waals surface area contributed by atoms with E-state index in [1.807, 2.05) is 0 Å². The van der Waals surface area contributed by atoms with Crippen molar-refractivity contribution in [2.45, 2.75) is 26.4 Å². The summed E-state index contributed by atoms with van der Waals surface area (Å²) in [5.41, 5.74) is 1.93. The van der Waals surface area contributed by atoms with E-state index in [4.69, 9.17) is 26.2 Å². The first-order valence-corrected chi connectivity index (χ1v) is 10.9. The molecule has 0 amide bonds. The number of fused-ring (bicyclic) bond motifs is 1. The zero-order chi connectivity index (χ0) is 25.1. The maximum atomic E-state index is 14.7. The van der Waals surface area contributed by atoms with Crippen molar-refractivity contribution >= 4 is 28.5 Å². The smallest absolute Gasteiger partial charge is 0.387 e. The number of rotatable bonds is 9. The summed E-state index contributed by atoms with van der Waals surface area (Å²) in [5.74, 6) is -2.48. The van der Waals surface area contributed by atoms with Crippen molar-refractivity contribution in [3.8, 4) is 17.2 Å². The molecule has 0 unspecified atom stereocenters. The zero-order valence-electron chi connectivity index (χ0n) is 18.3. The standard InChI is InChI=1S/C24H19ClF3N3O4/c1-2-17-15(11-13-3-5-14(6-4-13)31-10-9-19(25)30-31)23(35-24(27)28)21-18(34-12-20(32)33)8-7-16(26)22(21)29-17/h3-10,24H,2,11-12H2,1H3,(H,32,33). The second-order valence-corrected chi connectivity index (χ2v) is 7.86. The number of pyridine rings is 1. The minimum Gasteiger partial charge on any atom is -0.481 e. The number of hydrogen-bond acceptors (Lipinski definition) is 5. The molecule has 0 saturated heterocycles. The molecule has 35 heavy (non-hydrogen) atoms. The third-order valence-electron chi connectivity index (χ3n) is 5.22. The Balaban J connectivity index is 1.83. The highest BCUT2D eigenvalue weighted by Crippen LogP contribution is 2.40. The van der Waals surface area contributed by atoms with Gasteiger partial charge in [0.05, 0.1) is 11.1 Å². The summed E-state index contributed by atoms with van der Waals surface area (Å²) in [6.07, 6.45) is 2.15. The van der Waals surface area contributed by atoms with Gasteiger partial charge in [-0.15, -0.1) is 0 Å². The summed E-state index contributed by atoms with van der Waals surface area (Å²) in [5, 5.41) is 13.3. The summed E-state index contributed by atoms with van der Waals surface area (Å²) in [7, 11) is 0. The second kappa shape index (κ2) is 10.2. The molecule has 2 heterocycles. The molecule has 0 atom stereocenters. The van der Waals surface area contributed by atoms with Gasteiger partial charge in [-0.3, -0.25) is 0 Å². The maximum Gasteiger partial charge on any atom is 0.387 e. The van der Waals surface area contributed by atoms with Crippen molar-refractivity contribution in [2.75, 3.05) is 6.61 Å². The zero-order valence-corrected chi connectivity index (χ0v) is 19.1. The quantitative estimate of drug-likeness (QED) is 0.326. The Morgan fingerprint density at radius 3 is 2.51 bits per heavy atom. The van der Waals surface area contributed by atoms with E-state index < -0.39 is 25.0 Å². The Bertz CT molecular complexity index is 1380. The Hall–Kier alpha value is -3.79. The summed E-state index contributed by atoms with van der Waals surface area (Å²) < 4.78 is 53.4. The van der Waals surface area contributed by atoms with E-state index in [1.165, 1.54) is 6.07 Å².